The smallest absolute Gasteiger partial charge is 0.328 e. The predicted octanol–water partition coefficient (Wildman–Crippen LogP) is 1.09. The van der Waals surface area contributed by atoms with Gasteiger partial charge < -0.3 is 15.4 Å². The van der Waals surface area contributed by atoms with Crippen molar-refractivity contribution in [3.63, 3.8) is 0 Å². The minimum atomic E-state index is -1.14. The molecule has 3 aliphatic heterocycles. The zero-order valence-corrected chi connectivity index (χ0v) is 20.0. The Kier molecular flexibility index (Phi) is 6.00. The van der Waals surface area contributed by atoms with E-state index in [1.165, 1.54) is 4.57 Å². The quantitative estimate of drug-likeness (QED) is 0.597. The highest BCUT2D eigenvalue weighted by Crippen LogP contribution is 2.53. The molecule has 2 N–H and O–H groups in total. The first-order valence-corrected chi connectivity index (χ1v) is 12.5. The molecule has 178 valence electrons. The fourth-order valence-electron chi connectivity index (χ4n) is 4.55. The number of ether oxygens (including phenoxy) is 1. The van der Waals surface area contributed by atoms with E-state index in [0.717, 1.165) is 23.1 Å². The van der Waals surface area contributed by atoms with E-state index in [-0.39, 0.29) is 17.3 Å². The highest BCUT2D eigenvalue weighted by molar-refractivity contribution is 8.00. The van der Waals surface area contributed by atoms with Crippen LogP contribution in [-0.4, -0.2) is 69.7 Å². The molecule has 5 amide bonds. The summed E-state index contributed by atoms with van der Waals surface area (Å²) in [6.45, 7) is 1.54. The highest BCUT2D eigenvalue weighted by atomic mass is 35.5. The normalized spacial score (nSPS) is 24.2. The standard InChI is InChI=1S/C21H19ClN4O6S2/c22-11-3-1-10(2-4-11)13-14-15(18(29)26(17(14)28)20(23)30)33-19-16(13)34-21(31)25(19)9-12(27)24-5-7-32-8-6-24/h1-4,13-15H,5-9H2,(H2,23,30)/t13-,14+,15-/m0/s1. The number of imide groups is 3. The molecule has 4 heterocycles. The van der Waals surface area contributed by atoms with Crippen molar-refractivity contribution in [2.75, 3.05) is 26.3 Å². The molecule has 1 aromatic heterocycles. The van der Waals surface area contributed by atoms with Crippen molar-refractivity contribution in [3.8, 4) is 0 Å². The number of likely N-dealkylation sites (tertiary alicyclic amines) is 1. The summed E-state index contributed by atoms with van der Waals surface area (Å²) in [4.78, 5) is 66.2. The molecule has 0 saturated carbocycles. The Morgan fingerprint density at radius 3 is 2.41 bits per heavy atom. The molecule has 3 aliphatic rings. The van der Waals surface area contributed by atoms with E-state index >= 15 is 0 Å². The van der Waals surface area contributed by atoms with Gasteiger partial charge in [-0.3, -0.25) is 23.7 Å². The molecule has 0 spiro atoms. The number of carbonyl (C=O) groups excluding carboxylic acids is 4. The van der Waals surface area contributed by atoms with Gasteiger partial charge in [0, 0.05) is 28.9 Å². The molecule has 2 saturated heterocycles. The van der Waals surface area contributed by atoms with Crippen molar-refractivity contribution in [2.24, 2.45) is 11.7 Å². The number of amides is 5. The molecule has 0 unspecified atom stereocenters. The largest absolute Gasteiger partial charge is 0.378 e. The zero-order chi connectivity index (χ0) is 24.1. The maximum Gasteiger partial charge on any atom is 0.328 e. The highest BCUT2D eigenvalue weighted by Gasteiger charge is 2.57. The van der Waals surface area contributed by atoms with Gasteiger partial charge in [-0.1, -0.05) is 46.8 Å². The molecule has 10 nitrogen and oxygen atoms in total. The van der Waals surface area contributed by atoms with E-state index in [9.17, 15) is 24.0 Å². The third kappa shape index (κ3) is 3.74. The number of thiazole rings is 1. The number of hydrogen-bond donors (Lipinski definition) is 1. The summed E-state index contributed by atoms with van der Waals surface area (Å²) in [6, 6.07) is 5.62. The summed E-state index contributed by atoms with van der Waals surface area (Å²) in [6.07, 6.45) is 0. The average molecular weight is 523 g/mol. The van der Waals surface area contributed by atoms with Gasteiger partial charge in [0.15, 0.2) is 0 Å². The van der Waals surface area contributed by atoms with Crippen molar-refractivity contribution in [1.82, 2.24) is 14.4 Å². The number of hydrogen-bond acceptors (Lipinski definition) is 8. The Bertz CT molecular complexity index is 1250. The lowest BCUT2D eigenvalue weighted by atomic mass is 9.83. The van der Waals surface area contributed by atoms with Crippen molar-refractivity contribution >= 4 is 58.5 Å². The van der Waals surface area contributed by atoms with Gasteiger partial charge in [0.25, 0.3) is 5.91 Å². The lowest BCUT2D eigenvalue weighted by molar-refractivity contribution is -0.137. The van der Waals surface area contributed by atoms with E-state index in [0.29, 0.717) is 51.7 Å². The summed E-state index contributed by atoms with van der Waals surface area (Å²) in [7, 11) is 0. The molecule has 1 aromatic carbocycles. The van der Waals surface area contributed by atoms with Crippen molar-refractivity contribution in [1.29, 1.82) is 0 Å². The summed E-state index contributed by atoms with van der Waals surface area (Å²) in [5.74, 6) is -3.24. The van der Waals surface area contributed by atoms with Crippen molar-refractivity contribution < 1.29 is 23.9 Å². The lowest BCUT2D eigenvalue weighted by Crippen LogP contribution is -2.43. The van der Waals surface area contributed by atoms with Crippen LogP contribution in [0.25, 0.3) is 0 Å². The lowest BCUT2D eigenvalue weighted by Gasteiger charge is -2.31. The number of rotatable bonds is 3. The number of aromatic nitrogens is 1. The maximum atomic E-state index is 13.1. The second-order valence-corrected chi connectivity index (χ2v) is 10.6. The topological polar surface area (TPSA) is 132 Å². The van der Waals surface area contributed by atoms with Crippen LogP contribution in [0.5, 0.6) is 0 Å². The van der Waals surface area contributed by atoms with Gasteiger partial charge in [-0.15, -0.1) is 0 Å². The summed E-state index contributed by atoms with van der Waals surface area (Å²) < 4.78 is 6.64. The van der Waals surface area contributed by atoms with E-state index in [2.05, 4.69) is 0 Å². The number of halogens is 1. The van der Waals surface area contributed by atoms with Crippen LogP contribution >= 0.6 is 34.7 Å². The fourth-order valence-corrected chi connectivity index (χ4v) is 7.45. The van der Waals surface area contributed by atoms with E-state index in [1.807, 2.05) is 0 Å². The average Bonchev–Trinajstić information content (AvgIpc) is 3.26. The second-order valence-electron chi connectivity index (χ2n) is 8.06. The Labute approximate surface area is 206 Å². The van der Waals surface area contributed by atoms with Crippen LogP contribution < -0.4 is 10.6 Å². The van der Waals surface area contributed by atoms with Crippen LogP contribution in [0.1, 0.15) is 16.4 Å². The molecule has 2 fully saturated rings. The fraction of sp³-hybridized carbons (Fsp3) is 0.381. The van der Waals surface area contributed by atoms with Crippen LogP contribution in [0, 0.1) is 5.92 Å². The first-order valence-electron chi connectivity index (χ1n) is 10.5. The Morgan fingerprint density at radius 1 is 1.09 bits per heavy atom. The molecular weight excluding hydrogens is 504 g/mol. The summed E-state index contributed by atoms with van der Waals surface area (Å²) >= 11 is 8.01. The van der Waals surface area contributed by atoms with Crippen LogP contribution in [0.4, 0.5) is 4.79 Å². The van der Waals surface area contributed by atoms with E-state index in [1.54, 1.807) is 29.2 Å². The van der Waals surface area contributed by atoms with Crippen molar-refractivity contribution in [3.05, 3.63) is 49.4 Å². The van der Waals surface area contributed by atoms with Crippen LogP contribution in [0.2, 0.25) is 5.02 Å². The second kappa shape index (κ2) is 8.84. The van der Waals surface area contributed by atoms with Crippen molar-refractivity contribution in [2.45, 2.75) is 22.7 Å². The van der Waals surface area contributed by atoms with Crippen LogP contribution in [-0.2, 0) is 25.7 Å². The summed E-state index contributed by atoms with van der Waals surface area (Å²) in [5, 5.41) is -0.0163. The van der Waals surface area contributed by atoms with Crippen LogP contribution in [0.3, 0.4) is 0 Å². The van der Waals surface area contributed by atoms with Gasteiger partial charge in [0.2, 0.25) is 11.8 Å². The number of urea groups is 1. The maximum absolute atomic E-state index is 13.1. The zero-order valence-electron chi connectivity index (χ0n) is 17.6. The Balaban J connectivity index is 1.59. The Morgan fingerprint density at radius 2 is 1.76 bits per heavy atom. The molecule has 13 heteroatoms. The first-order chi connectivity index (χ1) is 16.3. The third-order valence-corrected chi connectivity index (χ3v) is 9.01. The molecular formula is C21H19ClN4O6S2. The number of fused-ring (bicyclic) bond motifs is 2. The molecule has 0 bridgehead atoms. The number of benzene rings is 1. The monoisotopic (exact) mass is 522 g/mol. The molecule has 3 atom stereocenters. The van der Waals surface area contributed by atoms with Gasteiger partial charge in [-0.05, 0) is 17.7 Å². The molecule has 5 rings (SSSR count). The number of carbonyl (C=O) groups is 4. The van der Waals surface area contributed by atoms with E-state index in [4.69, 9.17) is 22.1 Å². The van der Waals surface area contributed by atoms with Gasteiger partial charge >= 0.3 is 10.9 Å². The number of morpholine rings is 1. The first kappa shape index (κ1) is 23.1. The van der Waals surface area contributed by atoms with Crippen LogP contribution in [0.15, 0.2) is 34.1 Å². The number of primary amides is 1. The SMILES string of the molecule is NC(=O)N1C(=O)[C@@H]2[C@H](c3ccc(Cl)cc3)c3sc(=O)n(CC(=O)N4CCOCC4)c3S[C@@H]2C1=O. The summed E-state index contributed by atoms with van der Waals surface area (Å²) in [5.41, 5.74) is 5.99. The molecule has 0 aliphatic carbocycles. The van der Waals surface area contributed by atoms with Gasteiger partial charge in [0.1, 0.15) is 11.8 Å². The predicted molar refractivity (Wildman–Crippen MR) is 124 cm³/mol. The number of thioether (sulfide) groups is 1. The van der Waals surface area contributed by atoms with Gasteiger partial charge in [-0.25, -0.2) is 4.79 Å². The van der Waals surface area contributed by atoms with E-state index < -0.39 is 34.9 Å². The molecule has 2 aromatic rings. The Hall–Kier alpha value is -2.67. The third-order valence-electron chi connectivity index (χ3n) is 6.16. The minimum Gasteiger partial charge on any atom is -0.378 e. The molecule has 34 heavy (non-hydrogen) atoms. The molecule has 0 radical (unpaired) electrons. The number of nitrogens with two attached hydrogens (primary N) is 1. The van der Waals surface area contributed by atoms with Gasteiger partial charge in [0.05, 0.1) is 24.2 Å². The minimum absolute atomic E-state index is 0.190. The van der Waals surface area contributed by atoms with Gasteiger partial charge in [-0.2, -0.15) is 4.90 Å². The number of nitrogens with zero attached hydrogens (tertiary/aromatic N) is 3.